The quantitative estimate of drug-likeness (QED) is 0.797. The first-order chi connectivity index (χ1) is 10.2. The molecule has 0 spiro atoms. The van der Waals surface area contributed by atoms with Crippen molar-refractivity contribution >= 4 is 17.6 Å². The van der Waals surface area contributed by atoms with E-state index in [1.165, 1.54) is 0 Å². The fourth-order valence-corrected chi connectivity index (χ4v) is 2.11. The molecule has 0 aromatic heterocycles. The van der Waals surface area contributed by atoms with Gasteiger partial charge in [-0.2, -0.15) is 0 Å². The van der Waals surface area contributed by atoms with E-state index in [9.17, 15) is 9.59 Å². The van der Waals surface area contributed by atoms with Gasteiger partial charge in [0.25, 0.3) is 0 Å². The van der Waals surface area contributed by atoms with Gasteiger partial charge >= 0.3 is 5.97 Å². The van der Waals surface area contributed by atoms with Gasteiger partial charge in [-0.1, -0.05) is 6.07 Å². The van der Waals surface area contributed by atoms with E-state index in [-0.39, 0.29) is 18.4 Å². The second-order valence-electron chi connectivity index (χ2n) is 4.75. The first kappa shape index (κ1) is 15.5. The van der Waals surface area contributed by atoms with Crippen LogP contribution in [0, 0.1) is 0 Å². The van der Waals surface area contributed by atoms with Gasteiger partial charge in [0.05, 0.1) is 31.3 Å². The molecule has 2 rings (SSSR count). The van der Waals surface area contributed by atoms with E-state index in [0.717, 1.165) is 6.54 Å². The lowest BCUT2D eigenvalue weighted by Crippen LogP contribution is -2.40. The van der Waals surface area contributed by atoms with Crippen molar-refractivity contribution in [3.05, 3.63) is 29.8 Å². The van der Waals surface area contributed by atoms with E-state index in [0.29, 0.717) is 31.0 Å². The predicted molar refractivity (Wildman–Crippen MR) is 78.3 cm³/mol. The molecule has 1 aliphatic heterocycles. The maximum atomic E-state index is 12.0. The van der Waals surface area contributed by atoms with Gasteiger partial charge in [0.15, 0.2) is 0 Å². The van der Waals surface area contributed by atoms with E-state index < -0.39 is 5.97 Å². The van der Waals surface area contributed by atoms with Crippen LogP contribution in [0.3, 0.4) is 0 Å². The number of esters is 1. The Morgan fingerprint density at radius 1 is 1.48 bits per heavy atom. The fraction of sp³-hybridized carbons (Fsp3) is 0.467. The van der Waals surface area contributed by atoms with Crippen molar-refractivity contribution < 1.29 is 19.1 Å². The summed E-state index contributed by atoms with van der Waals surface area (Å²) in [5.41, 5.74) is 1.000. The normalized spacial score (nSPS) is 18.0. The standard InChI is InChI=1S/C15H20N2O4/c1-2-20-15(19)11-4-3-5-12(8-11)17-14(18)9-13-10-16-6-7-21-13/h3-5,8,13,16H,2,6-7,9-10H2,1H3,(H,17,18). The molecule has 1 amide bonds. The average molecular weight is 292 g/mol. The molecule has 0 radical (unpaired) electrons. The van der Waals surface area contributed by atoms with Gasteiger partial charge in [0, 0.05) is 18.8 Å². The van der Waals surface area contributed by atoms with Crippen LogP contribution in [0.25, 0.3) is 0 Å². The van der Waals surface area contributed by atoms with Crippen molar-refractivity contribution in [2.75, 3.05) is 31.6 Å². The molecule has 0 saturated carbocycles. The van der Waals surface area contributed by atoms with Gasteiger partial charge in [-0.25, -0.2) is 4.79 Å². The summed E-state index contributed by atoms with van der Waals surface area (Å²) in [6.07, 6.45) is 0.184. The summed E-state index contributed by atoms with van der Waals surface area (Å²) in [4.78, 5) is 23.6. The van der Waals surface area contributed by atoms with Crippen LogP contribution >= 0.6 is 0 Å². The van der Waals surface area contributed by atoms with Crippen LogP contribution in [0.1, 0.15) is 23.7 Å². The van der Waals surface area contributed by atoms with Crippen LogP contribution < -0.4 is 10.6 Å². The minimum absolute atomic E-state index is 0.105. The maximum Gasteiger partial charge on any atom is 0.338 e. The highest BCUT2D eigenvalue weighted by molar-refractivity contribution is 5.94. The van der Waals surface area contributed by atoms with Crippen LogP contribution in [-0.4, -0.2) is 44.3 Å². The molecule has 1 aromatic carbocycles. The molecule has 1 aromatic rings. The van der Waals surface area contributed by atoms with E-state index in [1.54, 1.807) is 31.2 Å². The minimum atomic E-state index is -0.395. The summed E-state index contributed by atoms with van der Waals surface area (Å²) in [7, 11) is 0. The zero-order chi connectivity index (χ0) is 15.1. The molecule has 0 bridgehead atoms. The number of amides is 1. The fourth-order valence-electron chi connectivity index (χ4n) is 2.11. The van der Waals surface area contributed by atoms with Crippen LogP contribution in [0.15, 0.2) is 24.3 Å². The third-order valence-electron chi connectivity index (χ3n) is 3.07. The summed E-state index contributed by atoms with van der Waals surface area (Å²) in [5.74, 6) is -0.530. The number of carbonyl (C=O) groups excluding carboxylic acids is 2. The van der Waals surface area contributed by atoms with E-state index in [4.69, 9.17) is 9.47 Å². The third-order valence-corrected chi connectivity index (χ3v) is 3.07. The molecule has 6 nitrogen and oxygen atoms in total. The molecule has 1 heterocycles. The smallest absolute Gasteiger partial charge is 0.338 e. The Morgan fingerprint density at radius 3 is 3.05 bits per heavy atom. The summed E-state index contributed by atoms with van der Waals surface area (Å²) in [6, 6.07) is 6.71. The average Bonchev–Trinajstić information content (AvgIpc) is 2.48. The highest BCUT2D eigenvalue weighted by Crippen LogP contribution is 2.13. The number of hydrogen-bond donors (Lipinski definition) is 2. The summed E-state index contributed by atoms with van der Waals surface area (Å²) >= 11 is 0. The highest BCUT2D eigenvalue weighted by Gasteiger charge is 2.17. The lowest BCUT2D eigenvalue weighted by atomic mass is 10.2. The second kappa shape index (κ2) is 7.75. The topological polar surface area (TPSA) is 76.7 Å². The van der Waals surface area contributed by atoms with Crippen LogP contribution in [0.2, 0.25) is 0 Å². The number of benzene rings is 1. The Bertz CT molecular complexity index is 498. The van der Waals surface area contributed by atoms with Gasteiger partial charge < -0.3 is 20.1 Å². The zero-order valence-corrected chi connectivity index (χ0v) is 12.1. The Balaban J connectivity index is 1.91. The lowest BCUT2D eigenvalue weighted by molar-refractivity contribution is -0.119. The minimum Gasteiger partial charge on any atom is -0.462 e. The van der Waals surface area contributed by atoms with Crippen molar-refractivity contribution in [3.8, 4) is 0 Å². The Kier molecular flexibility index (Phi) is 5.71. The van der Waals surface area contributed by atoms with E-state index >= 15 is 0 Å². The van der Waals surface area contributed by atoms with Crippen molar-refractivity contribution in [3.63, 3.8) is 0 Å². The number of nitrogens with one attached hydrogen (secondary N) is 2. The van der Waals surface area contributed by atoms with E-state index in [2.05, 4.69) is 10.6 Å². The van der Waals surface area contributed by atoms with Gasteiger partial charge in [-0.05, 0) is 25.1 Å². The molecule has 6 heteroatoms. The lowest BCUT2D eigenvalue weighted by Gasteiger charge is -2.23. The van der Waals surface area contributed by atoms with Crippen LogP contribution in [-0.2, 0) is 14.3 Å². The van der Waals surface area contributed by atoms with Crippen LogP contribution in [0.5, 0.6) is 0 Å². The van der Waals surface area contributed by atoms with Crippen LogP contribution in [0.4, 0.5) is 5.69 Å². The molecule has 1 atom stereocenters. The maximum absolute atomic E-state index is 12.0. The summed E-state index contributed by atoms with van der Waals surface area (Å²) < 4.78 is 10.4. The molecular weight excluding hydrogens is 272 g/mol. The molecule has 1 aliphatic rings. The van der Waals surface area contributed by atoms with Crippen molar-refractivity contribution in [2.45, 2.75) is 19.4 Å². The number of carbonyl (C=O) groups is 2. The number of morpholine rings is 1. The molecule has 1 unspecified atom stereocenters. The van der Waals surface area contributed by atoms with Gasteiger partial charge in [-0.15, -0.1) is 0 Å². The molecule has 1 saturated heterocycles. The molecule has 2 N–H and O–H groups in total. The van der Waals surface area contributed by atoms with Gasteiger partial charge in [-0.3, -0.25) is 4.79 Å². The number of ether oxygens (including phenoxy) is 2. The molecule has 114 valence electrons. The SMILES string of the molecule is CCOC(=O)c1cccc(NC(=O)CC2CNCCO2)c1. The Hall–Kier alpha value is -1.92. The first-order valence-electron chi connectivity index (χ1n) is 7.08. The largest absolute Gasteiger partial charge is 0.462 e. The van der Waals surface area contributed by atoms with Crippen molar-refractivity contribution in [2.24, 2.45) is 0 Å². The molecule has 0 aliphatic carbocycles. The molecular formula is C15H20N2O4. The first-order valence-corrected chi connectivity index (χ1v) is 7.08. The Morgan fingerprint density at radius 2 is 2.33 bits per heavy atom. The third kappa shape index (κ3) is 4.84. The van der Waals surface area contributed by atoms with Crippen molar-refractivity contribution in [1.29, 1.82) is 0 Å². The number of anilines is 1. The number of hydrogen-bond acceptors (Lipinski definition) is 5. The van der Waals surface area contributed by atoms with Gasteiger partial charge in [0.2, 0.25) is 5.91 Å². The molecule has 21 heavy (non-hydrogen) atoms. The summed E-state index contributed by atoms with van der Waals surface area (Å²) in [5, 5.41) is 5.95. The molecule has 1 fully saturated rings. The van der Waals surface area contributed by atoms with Crippen molar-refractivity contribution in [1.82, 2.24) is 5.32 Å². The van der Waals surface area contributed by atoms with Gasteiger partial charge in [0.1, 0.15) is 0 Å². The monoisotopic (exact) mass is 292 g/mol. The summed E-state index contributed by atoms with van der Waals surface area (Å²) in [6.45, 7) is 4.19. The number of rotatable bonds is 5. The Labute approximate surface area is 123 Å². The second-order valence-corrected chi connectivity index (χ2v) is 4.75. The highest BCUT2D eigenvalue weighted by atomic mass is 16.5. The van der Waals surface area contributed by atoms with E-state index in [1.807, 2.05) is 0 Å². The predicted octanol–water partition coefficient (Wildman–Crippen LogP) is 1.18. The zero-order valence-electron chi connectivity index (χ0n) is 12.1.